The predicted molar refractivity (Wildman–Crippen MR) is 153 cm³/mol. The fourth-order valence-electron chi connectivity index (χ4n) is 8.02. The summed E-state index contributed by atoms with van der Waals surface area (Å²) < 4.78 is 11.1. The van der Waals surface area contributed by atoms with Gasteiger partial charge in [-0.2, -0.15) is 0 Å². The minimum atomic E-state index is -0.631. The molecule has 42 heavy (non-hydrogen) atoms. The van der Waals surface area contributed by atoms with E-state index in [9.17, 15) is 19.2 Å². The standard InChI is InChI=1S/C32H36N4O6/c1-41-25-13-12-22-28(29(25)42-2)32(40)36-24-8-4-3-7-21(24)31(39)34(30(22)36)14-6-11-26(37)33-16-19-15-20(18-33)23-9-5-10-27(38)35(23)17-19/h3-4,7-8,12-13,19-20,23,30H,5-6,9-11,14-18H2,1-2H3/t19-,20+,23+,30+/m1/s1. The fraction of sp³-hybridized carbons (Fsp3) is 0.500. The van der Waals surface area contributed by atoms with E-state index in [2.05, 4.69) is 4.90 Å². The second-order valence-electron chi connectivity index (χ2n) is 12.1. The maximum atomic E-state index is 13.9. The summed E-state index contributed by atoms with van der Waals surface area (Å²) in [5.74, 6) is 1.42. The summed E-state index contributed by atoms with van der Waals surface area (Å²) in [6, 6.07) is 11.0. The molecule has 0 spiro atoms. The van der Waals surface area contributed by atoms with E-state index < -0.39 is 6.17 Å². The molecule has 2 aromatic carbocycles. The number of anilines is 1. The van der Waals surface area contributed by atoms with Crippen LogP contribution in [0.5, 0.6) is 11.5 Å². The van der Waals surface area contributed by atoms with Crippen LogP contribution in [0.4, 0.5) is 5.69 Å². The van der Waals surface area contributed by atoms with Crippen LogP contribution in [0.25, 0.3) is 0 Å². The maximum Gasteiger partial charge on any atom is 0.264 e. The number of hydrogen-bond acceptors (Lipinski definition) is 6. The van der Waals surface area contributed by atoms with E-state index >= 15 is 0 Å². The molecule has 0 aliphatic carbocycles. The van der Waals surface area contributed by atoms with Crippen LogP contribution in [0, 0.1) is 11.8 Å². The quantitative estimate of drug-likeness (QED) is 0.526. The Morgan fingerprint density at radius 3 is 2.62 bits per heavy atom. The Bertz CT molecular complexity index is 1470. The topological polar surface area (TPSA) is 99.7 Å². The monoisotopic (exact) mass is 572 g/mol. The number of benzene rings is 2. The van der Waals surface area contributed by atoms with Gasteiger partial charge < -0.3 is 24.2 Å². The number of methoxy groups -OCH3 is 2. The van der Waals surface area contributed by atoms with Gasteiger partial charge >= 0.3 is 0 Å². The molecule has 4 amide bonds. The number of fused-ring (bicyclic) bond motifs is 9. The fourth-order valence-corrected chi connectivity index (χ4v) is 8.02. The first-order valence-corrected chi connectivity index (χ1v) is 15.0. The third-order valence-corrected chi connectivity index (χ3v) is 9.81. The Labute approximate surface area is 245 Å². The van der Waals surface area contributed by atoms with E-state index in [1.807, 2.05) is 17.0 Å². The van der Waals surface area contributed by atoms with Crippen LogP contribution in [0.15, 0.2) is 36.4 Å². The first kappa shape index (κ1) is 26.8. The van der Waals surface area contributed by atoms with Crippen molar-refractivity contribution >= 4 is 29.3 Å². The zero-order valence-electron chi connectivity index (χ0n) is 24.1. The van der Waals surface area contributed by atoms with Crippen LogP contribution < -0.4 is 14.4 Å². The molecule has 10 nitrogen and oxygen atoms in total. The normalized spacial score (nSPS) is 26.0. The lowest BCUT2D eigenvalue weighted by Gasteiger charge is -2.52. The van der Waals surface area contributed by atoms with Gasteiger partial charge in [-0.05, 0) is 55.7 Å². The van der Waals surface area contributed by atoms with Crippen molar-refractivity contribution in [2.45, 2.75) is 50.7 Å². The molecule has 2 aromatic rings. The summed E-state index contributed by atoms with van der Waals surface area (Å²) in [6.07, 6.45) is 3.86. The Hall–Kier alpha value is -4.08. The summed E-state index contributed by atoms with van der Waals surface area (Å²) >= 11 is 0. The molecule has 10 heteroatoms. The summed E-state index contributed by atoms with van der Waals surface area (Å²) in [6.45, 7) is 2.46. The number of rotatable bonds is 6. The van der Waals surface area contributed by atoms with Crippen molar-refractivity contribution in [1.29, 1.82) is 0 Å². The van der Waals surface area contributed by atoms with Crippen LogP contribution in [-0.4, -0.2) is 84.8 Å². The third kappa shape index (κ3) is 4.06. The predicted octanol–water partition coefficient (Wildman–Crippen LogP) is 3.46. The van der Waals surface area contributed by atoms with Gasteiger partial charge in [0.05, 0.1) is 31.0 Å². The minimum Gasteiger partial charge on any atom is -0.493 e. The molecule has 0 radical (unpaired) electrons. The van der Waals surface area contributed by atoms with E-state index in [-0.39, 0.29) is 29.7 Å². The van der Waals surface area contributed by atoms with Crippen LogP contribution in [-0.2, 0) is 9.59 Å². The summed E-state index contributed by atoms with van der Waals surface area (Å²) in [5.41, 5.74) is 2.10. The largest absolute Gasteiger partial charge is 0.493 e. The molecule has 4 atom stereocenters. The molecule has 220 valence electrons. The Balaban J connectivity index is 1.10. The Morgan fingerprint density at radius 2 is 1.81 bits per heavy atom. The van der Waals surface area contributed by atoms with Gasteiger partial charge in [0.2, 0.25) is 11.8 Å². The SMILES string of the molecule is COc1ccc2c(c1OC)C(=O)N1c3ccccc3C(=O)N(CCCC(=O)N3C[C@H]4C[C@@H](C3)[C@@H]3CCCC(=O)N3C4)[C@H]21. The van der Waals surface area contributed by atoms with Crippen molar-refractivity contribution < 1.29 is 28.7 Å². The van der Waals surface area contributed by atoms with Gasteiger partial charge in [0.25, 0.3) is 11.8 Å². The summed E-state index contributed by atoms with van der Waals surface area (Å²) in [7, 11) is 3.03. The van der Waals surface area contributed by atoms with Crippen molar-refractivity contribution in [3.05, 3.63) is 53.1 Å². The molecule has 7 rings (SSSR count). The molecular formula is C32H36N4O6. The average Bonchev–Trinajstić information content (AvgIpc) is 3.30. The molecule has 0 aromatic heterocycles. The van der Waals surface area contributed by atoms with Crippen molar-refractivity contribution in [2.24, 2.45) is 11.8 Å². The maximum absolute atomic E-state index is 13.9. The molecule has 5 aliphatic rings. The van der Waals surface area contributed by atoms with Crippen LogP contribution in [0.3, 0.4) is 0 Å². The van der Waals surface area contributed by atoms with Gasteiger partial charge in [-0.25, -0.2) is 0 Å². The number of carbonyl (C=O) groups is 4. The molecule has 5 heterocycles. The molecule has 5 aliphatic heterocycles. The van der Waals surface area contributed by atoms with E-state index in [1.54, 1.807) is 34.1 Å². The lowest BCUT2D eigenvalue weighted by atomic mass is 9.76. The number of hydrogen-bond donors (Lipinski definition) is 0. The number of ether oxygens (including phenoxy) is 2. The molecule has 0 N–H and O–H groups in total. The first-order valence-electron chi connectivity index (χ1n) is 15.0. The Morgan fingerprint density at radius 1 is 0.976 bits per heavy atom. The molecule has 2 bridgehead atoms. The highest BCUT2D eigenvalue weighted by molar-refractivity contribution is 6.18. The molecule has 0 saturated carbocycles. The van der Waals surface area contributed by atoms with Gasteiger partial charge in [-0.15, -0.1) is 0 Å². The first-order chi connectivity index (χ1) is 20.4. The number of amides is 4. The lowest BCUT2D eigenvalue weighted by molar-refractivity contribution is -0.148. The second-order valence-corrected chi connectivity index (χ2v) is 12.1. The highest BCUT2D eigenvalue weighted by Gasteiger charge is 2.50. The zero-order chi connectivity index (χ0) is 29.1. The molecule has 3 fully saturated rings. The number of nitrogens with zero attached hydrogens (tertiary/aromatic N) is 4. The van der Waals surface area contributed by atoms with Gasteiger partial charge in [0.1, 0.15) is 6.17 Å². The van der Waals surface area contributed by atoms with Gasteiger partial charge in [-0.1, -0.05) is 18.2 Å². The van der Waals surface area contributed by atoms with Crippen molar-refractivity contribution in [2.75, 3.05) is 45.3 Å². The minimum absolute atomic E-state index is 0.0938. The summed E-state index contributed by atoms with van der Waals surface area (Å²) in [5, 5.41) is 0. The molecular weight excluding hydrogens is 536 g/mol. The van der Waals surface area contributed by atoms with Crippen LogP contribution in [0.2, 0.25) is 0 Å². The van der Waals surface area contributed by atoms with E-state index in [4.69, 9.17) is 9.47 Å². The number of piperidine rings is 3. The highest BCUT2D eigenvalue weighted by Crippen LogP contribution is 2.49. The van der Waals surface area contributed by atoms with E-state index in [0.29, 0.717) is 84.6 Å². The van der Waals surface area contributed by atoms with Crippen molar-refractivity contribution in [1.82, 2.24) is 14.7 Å². The van der Waals surface area contributed by atoms with Crippen molar-refractivity contribution in [3.63, 3.8) is 0 Å². The number of likely N-dealkylation sites (tertiary alicyclic amines) is 1. The van der Waals surface area contributed by atoms with Crippen LogP contribution >= 0.6 is 0 Å². The second kappa shape index (κ2) is 10.3. The van der Waals surface area contributed by atoms with Gasteiger partial charge in [0, 0.05) is 50.6 Å². The van der Waals surface area contributed by atoms with Gasteiger partial charge in [0.15, 0.2) is 11.5 Å². The third-order valence-electron chi connectivity index (χ3n) is 9.81. The average molecular weight is 573 g/mol. The summed E-state index contributed by atoms with van der Waals surface area (Å²) in [4.78, 5) is 61.1. The zero-order valence-corrected chi connectivity index (χ0v) is 24.1. The van der Waals surface area contributed by atoms with Crippen molar-refractivity contribution in [3.8, 4) is 11.5 Å². The highest BCUT2D eigenvalue weighted by atomic mass is 16.5. The lowest BCUT2D eigenvalue weighted by Crippen LogP contribution is -2.61. The van der Waals surface area contributed by atoms with Gasteiger partial charge in [-0.3, -0.25) is 24.1 Å². The smallest absolute Gasteiger partial charge is 0.264 e. The molecule has 0 unspecified atom stereocenters. The Kier molecular flexibility index (Phi) is 6.59. The number of para-hydroxylation sites is 1. The van der Waals surface area contributed by atoms with Crippen LogP contribution in [0.1, 0.15) is 71.0 Å². The van der Waals surface area contributed by atoms with E-state index in [0.717, 1.165) is 25.8 Å². The molecule has 3 saturated heterocycles. The van der Waals surface area contributed by atoms with E-state index in [1.165, 1.54) is 14.2 Å². The number of carbonyl (C=O) groups excluding carboxylic acids is 4.